The van der Waals surface area contributed by atoms with Gasteiger partial charge in [0.25, 0.3) is 0 Å². The SMILES string of the molecule is Cc1nnc([C@]23CCC[C@H]2CN(C(=O)Cc2ncccc2F)C3)o1. The molecule has 1 aliphatic heterocycles. The normalized spacial score (nSPS) is 25.9. The highest BCUT2D eigenvalue weighted by atomic mass is 19.1. The molecule has 2 aromatic heterocycles. The number of hydrogen-bond donors (Lipinski definition) is 0. The summed E-state index contributed by atoms with van der Waals surface area (Å²) in [5.41, 5.74) is -0.0400. The number of halogens is 1. The molecule has 1 aliphatic carbocycles. The molecule has 1 amide bonds. The maximum absolute atomic E-state index is 13.7. The predicted octanol–water partition coefficient (Wildman–Crippen LogP) is 2.03. The van der Waals surface area contributed by atoms with Crippen LogP contribution in [0.15, 0.2) is 22.7 Å². The Balaban J connectivity index is 1.55. The fourth-order valence-electron chi connectivity index (χ4n) is 4.13. The number of aryl methyl sites for hydroxylation is 1. The van der Waals surface area contributed by atoms with E-state index >= 15 is 0 Å². The number of aromatic nitrogens is 3. The van der Waals surface area contributed by atoms with Gasteiger partial charge in [0.2, 0.25) is 17.7 Å². The topological polar surface area (TPSA) is 72.1 Å². The summed E-state index contributed by atoms with van der Waals surface area (Å²) in [6.45, 7) is 3.00. The van der Waals surface area contributed by atoms with Crippen LogP contribution in [0, 0.1) is 18.7 Å². The van der Waals surface area contributed by atoms with E-state index in [1.165, 1.54) is 18.3 Å². The van der Waals surface area contributed by atoms with E-state index in [4.69, 9.17) is 4.42 Å². The number of fused-ring (bicyclic) bond motifs is 1. The number of carbonyl (C=O) groups is 1. The molecule has 126 valence electrons. The first-order valence-electron chi connectivity index (χ1n) is 8.26. The van der Waals surface area contributed by atoms with Gasteiger partial charge in [0.1, 0.15) is 5.82 Å². The molecule has 0 spiro atoms. The Morgan fingerprint density at radius 3 is 3.12 bits per heavy atom. The molecule has 2 aromatic rings. The van der Waals surface area contributed by atoms with Gasteiger partial charge >= 0.3 is 0 Å². The quantitative estimate of drug-likeness (QED) is 0.861. The second-order valence-corrected chi connectivity index (χ2v) is 6.75. The molecule has 0 bridgehead atoms. The highest BCUT2D eigenvalue weighted by Crippen LogP contribution is 2.50. The fourth-order valence-corrected chi connectivity index (χ4v) is 4.13. The van der Waals surface area contributed by atoms with Crippen molar-refractivity contribution in [2.75, 3.05) is 13.1 Å². The summed E-state index contributed by atoms with van der Waals surface area (Å²) in [5.74, 6) is 0.979. The molecule has 6 nitrogen and oxygen atoms in total. The molecule has 0 N–H and O–H groups in total. The van der Waals surface area contributed by atoms with Crippen LogP contribution in [0.3, 0.4) is 0 Å². The molecule has 24 heavy (non-hydrogen) atoms. The van der Waals surface area contributed by atoms with E-state index in [1.54, 1.807) is 11.8 Å². The van der Waals surface area contributed by atoms with E-state index < -0.39 is 5.82 Å². The molecular weight excluding hydrogens is 311 g/mol. The average molecular weight is 330 g/mol. The number of pyridine rings is 1. The van der Waals surface area contributed by atoms with Gasteiger partial charge < -0.3 is 9.32 Å². The molecule has 3 heterocycles. The highest BCUT2D eigenvalue weighted by Gasteiger charge is 2.54. The van der Waals surface area contributed by atoms with Crippen LogP contribution in [0.1, 0.15) is 36.7 Å². The lowest BCUT2D eigenvalue weighted by atomic mass is 9.80. The van der Waals surface area contributed by atoms with Gasteiger partial charge in [-0.05, 0) is 30.9 Å². The molecule has 4 rings (SSSR count). The van der Waals surface area contributed by atoms with E-state index in [2.05, 4.69) is 15.2 Å². The van der Waals surface area contributed by atoms with E-state index in [0.717, 1.165) is 19.3 Å². The van der Waals surface area contributed by atoms with Crippen LogP contribution in [-0.4, -0.2) is 39.1 Å². The van der Waals surface area contributed by atoms with Crippen LogP contribution in [0.4, 0.5) is 4.39 Å². The van der Waals surface area contributed by atoms with Gasteiger partial charge in [-0.25, -0.2) is 4.39 Å². The molecular formula is C17H19FN4O2. The van der Waals surface area contributed by atoms with Crippen LogP contribution in [-0.2, 0) is 16.6 Å². The predicted molar refractivity (Wildman–Crippen MR) is 82.5 cm³/mol. The Kier molecular flexibility index (Phi) is 3.58. The number of likely N-dealkylation sites (tertiary alicyclic amines) is 1. The van der Waals surface area contributed by atoms with Crippen LogP contribution >= 0.6 is 0 Å². The molecule has 1 saturated heterocycles. The zero-order chi connectivity index (χ0) is 16.7. The van der Waals surface area contributed by atoms with Crippen molar-refractivity contribution in [1.29, 1.82) is 0 Å². The van der Waals surface area contributed by atoms with Gasteiger partial charge in [-0.1, -0.05) is 6.42 Å². The molecule has 0 unspecified atom stereocenters. The Hall–Kier alpha value is -2.31. The smallest absolute Gasteiger partial charge is 0.228 e. The Morgan fingerprint density at radius 2 is 2.38 bits per heavy atom. The van der Waals surface area contributed by atoms with Crippen molar-refractivity contribution in [2.24, 2.45) is 5.92 Å². The molecule has 7 heteroatoms. The minimum absolute atomic E-state index is 0.0155. The van der Waals surface area contributed by atoms with Crippen molar-refractivity contribution in [3.63, 3.8) is 0 Å². The van der Waals surface area contributed by atoms with Gasteiger partial charge in [-0.3, -0.25) is 9.78 Å². The minimum atomic E-state index is -0.438. The molecule has 0 aromatic carbocycles. The summed E-state index contributed by atoms with van der Waals surface area (Å²) in [5, 5.41) is 8.18. The Morgan fingerprint density at radius 1 is 1.50 bits per heavy atom. The highest BCUT2D eigenvalue weighted by molar-refractivity contribution is 5.79. The second kappa shape index (κ2) is 5.65. The van der Waals surface area contributed by atoms with Crippen molar-refractivity contribution in [3.05, 3.63) is 41.6 Å². The summed E-state index contributed by atoms with van der Waals surface area (Å²) in [6, 6.07) is 2.85. The molecule has 2 fully saturated rings. The molecule has 2 aliphatic rings. The van der Waals surface area contributed by atoms with Crippen molar-refractivity contribution in [3.8, 4) is 0 Å². The largest absolute Gasteiger partial charge is 0.425 e. The maximum Gasteiger partial charge on any atom is 0.228 e. The van der Waals surface area contributed by atoms with Gasteiger partial charge in [0.05, 0.1) is 17.5 Å². The number of rotatable bonds is 3. The lowest BCUT2D eigenvalue weighted by Gasteiger charge is -2.24. The van der Waals surface area contributed by atoms with Crippen molar-refractivity contribution in [1.82, 2.24) is 20.1 Å². The van der Waals surface area contributed by atoms with E-state index in [9.17, 15) is 9.18 Å². The fraction of sp³-hybridized carbons (Fsp3) is 0.529. The van der Waals surface area contributed by atoms with Gasteiger partial charge in [0, 0.05) is 26.2 Å². The number of hydrogen-bond acceptors (Lipinski definition) is 5. The molecule has 0 radical (unpaired) electrons. The van der Waals surface area contributed by atoms with E-state index in [0.29, 0.717) is 30.8 Å². The number of nitrogens with zero attached hydrogens (tertiary/aromatic N) is 4. The second-order valence-electron chi connectivity index (χ2n) is 6.75. The van der Waals surface area contributed by atoms with Crippen molar-refractivity contribution in [2.45, 2.75) is 38.0 Å². The van der Waals surface area contributed by atoms with Crippen LogP contribution in [0.2, 0.25) is 0 Å². The first-order valence-corrected chi connectivity index (χ1v) is 8.26. The lowest BCUT2D eigenvalue weighted by Crippen LogP contribution is -2.35. The molecule has 1 saturated carbocycles. The Bertz CT molecular complexity index is 777. The van der Waals surface area contributed by atoms with Crippen molar-refractivity contribution < 1.29 is 13.6 Å². The summed E-state index contributed by atoms with van der Waals surface area (Å²) in [6.07, 6.45) is 4.58. The summed E-state index contributed by atoms with van der Waals surface area (Å²) < 4.78 is 19.4. The summed E-state index contributed by atoms with van der Waals surface area (Å²) >= 11 is 0. The van der Waals surface area contributed by atoms with E-state index in [-0.39, 0.29) is 23.4 Å². The zero-order valence-corrected chi connectivity index (χ0v) is 13.5. The Labute approximate surface area is 139 Å². The number of amides is 1. The standard InChI is InChI=1S/C17H19FN4O2/c1-11-20-21-16(24-11)17-6-2-4-12(17)9-22(10-17)15(23)8-14-13(18)5-3-7-19-14/h3,5,7,12H,2,4,6,8-10H2,1H3/t12-,17-/m0/s1. The third-order valence-corrected chi connectivity index (χ3v) is 5.33. The minimum Gasteiger partial charge on any atom is -0.425 e. The monoisotopic (exact) mass is 330 g/mol. The molecule has 2 atom stereocenters. The lowest BCUT2D eigenvalue weighted by molar-refractivity contribution is -0.129. The van der Waals surface area contributed by atoms with Gasteiger partial charge in [0.15, 0.2) is 0 Å². The van der Waals surface area contributed by atoms with E-state index in [1.807, 2.05) is 0 Å². The maximum atomic E-state index is 13.7. The van der Waals surface area contributed by atoms with Crippen LogP contribution in [0.25, 0.3) is 0 Å². The first kappa shape index (κ1) is 15.2. The van der Waals surface area contributed by atoms with Gasteiger partial charge in [-0.2, -0.15) is 0 Å². The average Bonchev–Trinajstić information content (AvgIpc) is 3.23. The first-order chi connectivity index (χ1) is 11.6. The number of carbonyl (C=O) groups excluding carboxylic acids is 1. The van der Waals surface area contributed by atoms with Crippen molar-refractivity contribution >= 4 is 5.91 Å². The third-order valence-electron chi connectivity index (χ3n) is 5.33. The summed E-state index contributed by atoms with van der Waals surface area (Å²) in [7, 11) is 0. The van der Waals surface area contributed by atoms with Crippen LogP contribution < -0.4 is 0 Å². The third kappa shape index (κ3) is 2.39. The summed E-state index contributed by atoms with van der Waals surface area (Å²) in [4.78, 5) is 18.4. The van der Waals surface area contributed by atoms with Crippen LogP contribution in [0.5, 0.6) is 0 Å². The van der Waals surface area contributed by atoms with Gasteiger partial charge in [-0.15, -0.1) is 10.2 Å². The zero-order valence-electron chi connectivity index (χ0n) is 13.5.